The van der Waals surface area contributed by atoms with Gasteiger partial charge in [-0.3, -0.25) is 4.79 Å². The third-order valence-corrected chi connectivity index (χ3v) is 7.27. The maximum absolute atomic E-state index is 12.0. The van der Waals surface area contributed by atoms with Gasteiger partial charge in [-0.15, -0.1) is 0 Å². The van der Waals surface area contributed by atoms with Gasteiger partial charge < -0.3 is 24.8 Å². The molecule has 194 valence electrons. The van der Waals surface area contributed by atoms with Crippen molar-refractivity contribution in [2.45, 2.75) is 12.5 Å². The van der Waals surface area contributed by atoms with Gasteiger partial charge in [-0.25, -0.2) is 9.97 Å². The number of aliphatic hydroxyl groups is 1. The number of amides is 1. The number of nitrogens with zero attached hydrogens (tertiary/aromatic N) is 3. The van der Waals surface area contributed by atoms with Crippen LogP contribution >= 0.6 is 23.2 Å². The Morgan fingerprint density at radius 2 is 1.92 bits per heavy atom. The minimum atomic E-state index is -0.245. The number of carbonyl (C=O) groups excluding carboxylic acids is 1. The average Bonchev–Trinajstić information content (AvgIpc) is 3.30. The molecule has 1 aromatic heterocycles. The van der Waals surface area contributed by atoms with Crippen LogP contribution in [0.15, 0.2) is 55.4 Å². The number of halogens is 2. The van der Waals surface area contributed by atoms with Crippen molar-refractivity contribution in [1.82, 2.24) is 20.2 Å². The standard InChI is InChI=1S/C27H28Cl2N4O4/c1-5-24(35)32-20-13-33(15(2)14-34)12-18(20)9-23-30-11-17-8-16(6-7-19(17)31-23)25-26(28)21(36-3)10-22(37-4)27(25)29/h5-8,10-11,18,20,34H,1-2,9,12-14H2,3-4H3,(H,32,35). The molecule has 3 aromatic rings. The smallest absolute Gasteiger partial charge is 0.243 e. The first-order valence-electron chi connectivity index (χ1n) is 11.6. The van der Waals surface area contributed by atoms with Gasteiger partial charge in [0.25, 0.3) is 0 Å². The van der Waals surface area contributed by atoms with Gasteiger partial charge in [-0.1, -0.05) is 42.4 Å². The van der Waals surface area contributed by atoms with E-state index in [9.17, 15) is 9.90 Å². The summed E-state index contributed by atoms with van der Waals surface area (Å²) in [5.41, 5.74) is 2.75. The van der Waals surface area contributed by atoms with Gasteiger partial charge in [0.15, 0.2) is 0 Å². The zero-order chi connectivity index (χ0) is 26.7. The third kappa shape index (κ3) is 5.51. The molecule has 0 saturated carbocycles. The predicted molar refractivity (Wildman–Crippen MR) is 145 cm³/mol. The van der Waals surface area contributed by atoms with E-state index in [-0.39, 0.29) is 24.5 Å². The molecule has 0 spiro atoms. The molecular weight excluding hydrogens is 515 g/mol. The van der Waals surface area contributed by atoms with Gasteiger partial charge in [0, 0.05) is 54.3 Å². The second-order valence-electron chi connectivity index (χ2n) is 8.76. The predicted octanol–water partition coefficient (Wildman–Crippen LogP) is 4.27. The van der Waals surface area contributed by atoms with Crippen molar-refractivity contribution < 1.29 is 19.4 Å². The number of ether oxygens (including phenoxy) is 2. The molecular formula is C27H28Cl2N4O4. The monoisotopic (exact) mass is 542 g/mol. The molecule has 2 N–H and O–H groups in total. The molecule has 1 saturated heterocycles. The van der Waals surface area contributed by atoms with E-state index in [1.165, 1.54) is 20.3 Å². The first-order chi connectivity index (χ1) is 17.8. The summed E-state index contributed by atoms with van der Waals surface area (Å²) in [7, 11) is 3.06. The summed E-state index contributed by atoms with van der Waals surface area (Å²) in [5.74, 6) is 1.35. The molecule has 10 heteroatoms. The molecule has 0 radical (unpaired) electrons. The SMILES string of the molecule is C=CC(=O)NC1CN(C(=C)CO)CC1Cc1ncc2cc(-c3c(Cl)c(OC)cc(OC)c3Cl)ccc2n1. The summed E-state index contributed by atoms with van der Waals surface area (Å²) in [6.45, 7) is 8.48. The van der Waals surface area contributed by atoms with Crippen molar-refractivity contribution in [2.24, 2.45) is 5.92 Å². The third-order valence-electron chi connectivity index (χ3n) is 6.52. The lowest BCUT2D eigenvalue weighted by atomic mass is 9.99. The second-order valence-corrected chi connectivity index (χ2v) is 9.51. The molecule has 2 aromatic carbocycles. The van der Waals surface area contributed by atoms with Crippen molar-refractivity contribution in [2.75, 3.05) is 33.9 Å². The quantitative estimate of drug-likeness (QED) is 0.389. The van der Waals surface area contributed by atoms with Crippen molar-refractivity contribution in [3.63, 3.8) is 0 Å². The number of hydrogen-bond acceptors (Lipinski definition) is 7. The van der Waals surface area contributed by atoms with Crippen molar-refractivity contribution in [3.05, 3.63) is 71.3 Å². The summed E-state index contributed by atoms with van der Waals surface area (Å²) in [5, 5.41) is 14.1. The van der Waals surface area contributed by atoms with Crippen molar-refractivity contribution in [1.29, 1.82) is 0 Å². The van der Waals surface area contributed by atoms with Crippen LogP contribution in [0.5, 0.6) is 11.5 Å². The fourth-order valence-electron chi connectivity index (χ4n) is 4.54. The summed E-state index contributed by atoms with van der Waals surface area (Å²) < 4.78 is 10.8. The number of aromatic nitrogens is 2. The lowest BCUT2D eigenvalue weighted by Crippen LogP contribution is -2.40. The Bertz CT molecular complexity index is 1340. The molecule has 1 fully saturated rings. The minimum absolute atomic E-state index is 0.0331. The Labute approximate surface area is 225 Å². The fraction of sp³-hybridized carbons (Fsp3) is 0.296. The van der Waals surface area contributed by atoms with Crippen molar-refractivity contribution in [3.8, 4) is 22.6 Å². The molecule has 4 rings (SSSR count). The number of nitrogens with one attached hydrogen (secondary N) is 1. The number of hydrogen-bond donors (Lipinski definition) is 2. The van der Waals surface area contributed by atoms with Gasteiger partial charge >= 0.3 is 0 Å². The largest absolute Gasteiger partial charge is 0.495 e. The first kappa shape index (κ1) is 26.7. The van der Waals surface area contributed by atoms with E-state index >= 15 is 0 Å². The summed E-state index contributed by atoms with van der Waals surface area (Å²) in [4.78, 5) is 23.3. The Hall–Kier alpha value is -3.33. The van der Waals surface area contributed by atoms with Crippen LogP contribution < -0.4 is 14.8 Å². The second kappa shape index (κ2) is 11.4. The molecule has 1 aliphatic rings. The Morgan fingerprint density at radius 1 is 1.22 bits per heavy atom. The van der Waals surface area contributed by atoms with Crippen LogP contribution in [-0.4, -0.2) is 65.8 Å². The number of aliphatic hydroxyl groups excluding tert-OH is 1. The van der Waals surface area contributed by atoms with E-state index in [1.807, 2.05) is 23.1 Å². The highest BCUT2D eigenvalue weighted by Gasteiger charge is 2.34. The Morgan fingerprint density at radius 3 is 2.54 bits per heavy atom. The summed E-state index contributed by atoms with van der Waals surface area (Å²) in [6.07, 6.45) is 3.55. The number of benzene rings is 2. The highest BCUT2D eigenvalue weighted by atomic mass is 35.5. The number of fused-ring (bicyclic) bond motifs is 1. The summed E-state index contributed by atoms with van der Waals surface area (Å²) >= 11 is 13.2. The Balaban J connectivity index is 1.63. The van der Waals surface area contributed by atoms with Crippen molar-refractivity contribution >= 4 is 40.0 Å². The fourth-order valence-corrected chi connectivity index (χ4v) is 5.26. The molecule has 2 unspecified atom stereocenters. The van der Waals surface area contributed by atoms with Crippen LogP contribution in [0.1, 0.15) is 5.82 Å². The molecule has 2 heterocycles. The molecule has 8 nitrogen and oxygen atoms in total. The van der Waals surface area contributed by atoms with Gasteiger partial charge in [-0.05, 0) is 23.8 Å². The summed E-state index contributed by atoms with van der Waals surface area (Å²) in [6, 6.07) is 7.19. The van der Waals surface area contributed by atoms with E-state index in [0.29, 0.717) is 58.1 Å². The molecule has 37 heavy (non-hydrogen) atoms. The number of likely N-dealkylation sites (tertiary alicyclic amines) is 1. The topological polar surface area (TPSA) is 96.8 Å². The Kier molecular flexibility index (Phi) is 8.22. The number of carbonyl (C=O) groups is 1. The van der Waals surface area contributed by atoms with Crippen LogP contribution in [0.25, 0.3) is 22.0 Å². The van der Waals surface area contributed by atoms with Gasteiger partial charge in [0.05, 0.1) is 42.4 Å². The van der Waals surface area contributed by atoms with Crippen LogP contribution in [0, 0.1) is 5.92 Å². The maximum Gasteiger partial charge on any atom is 0.243 e. The highest BCUT2D eigenvalue weighted by Crippen LogP contribution is 2.46. The lowest BCUT2D eigenvalue weighted by Gasteiger charge is -2.19. The van der Waals surface area contributed by atoms with Gasteiger partial charge in [0.2, 0.25) is 5.91 Å². The normalized spacial score (nSPS) is 17.1. The van der Waals surface area contributed by atoms with Gasteiger partial charge in [0.1, 0.15) is 17.3 Å². The zero-order valence-electron chi connectivity index (χ0n) is 20.6. The van der Waals surface area contributed by atoms with E-state index in [4.69, 9.17) is 37.7 Å². The average molecular weight is 543 g/mol. The molecule has 1 aliphatic heterocycles. The van der Waals surface area contributed by atoms with Crippen LogP contribution in [0.3, 0.4) is 0 Å². The van der Waals surface area contributed by atoms with Crippen LogP contribution in [-0.2, 0) is 11.2 Å². The molecule has 1 amide bonds. The number of rotatable bonds is 9. The lowest BCUT2D eigenvalue weighted by molar-refractivity contribution is -0.117. The van der Waals surface area contributed by atoms with Gasteiger partial charge in [-0.2, -0.15) is 0 Å². The van der Waals surface area contributed by atoms with E-state index in [2.05, 4.69) is 23.5 Å². The van der Waals surface area contributed by atoms with E-state index < -0.39 is 0 Å². The minimum Gasteiger partial charge on any atom is -0.495 e. The molecule has 0 bridgehead atoms. The highest BCUT2D eigenvalue weighted by molar-refractivity contribution is 6.41. The van der Waals surface area contributed by atoms with Crippen LogP contribution in [0.4, 0.5) is 0 Å². The zero-order valence-corrected chi connectivity index (χ0v) is 22.1. The van der Waals surface area contributed by atoms with Crippen LogP contribution in [0.2, 0.25) is 10.0 Å². The van der Waals surface area contributed by atoms with E-state index in [1.54, 1.807) is 12.3 Å². The van der Waals surface area contributed by atoms with E-state index in [0.717, 1.165) is 16.5 Å². The first-order valence-corrected chi connectivity index (χ1v) is 12.4. The maximum atomic E-state index is 12.0. The molecule has 2 atom stereocenters. The number of methoxy groups -OCH3 is 2. The molecule has 0 aliphatic carbocycles.